The Kier molecular flexibility index (Phi) is 4.85. The molecule has 0 saturated carbocycles. The van der Waals surface area contributed by atoms with Crippen LogP contribution in [-0.4, -0.2) is 48.6 Å². The first kappa shape index (κ1) is 17.6. The second-order valence-corrected chi connectivity index (χ2v) is 6.88. The van der Waals surface area contributed by atoms with E-state index in [0.717, 1.165) is 0 Å². The Balaban J connectivity index is 1.37. The van der Waals surface area contributed by atoms with Gasteiger partial charge in [-0.05, 0) is 31.0 Å². The highest BCUT2D eigenvalue weighted by molar-refractivity contribution is 5.91. The lowest BCUT2D eigenvalue weighted by molar-refractivity contribution is -0.127. The van der Waals surface area contributed by atoms with Crippen LogP contribution < -0.4 is 10.1 Å². The van der Waals surface area contributed by atoms with Crippen molar-refractivity contribution in [1.82, 2.24) is 10.2 Å². The molecule has 0 radical (unpaired) electrons. The van der Waals surface area contributed by atoms with E-state index in [9.17, 15) is 9.59 Å². The van der Waals surface area contributed by atoms with Crippen molar-refractivity contribution < 1.29 is 23.5 Å². The van der Waals surface area contributed by atoms with Gasteiger partial charge >= 0.3 is 0 Å². The predicted octanol–water partition coefficient (Wildman–Crippen LogP) is 2.58. The summed E-state index contributed by atoms with van der Waals surface area (Å²) >= 11 is 0. The lowest BCUT2D eigenvalue weighted by Gasteiger charge is -2.40. The van der Waals surface area contributed by atoms with Gasteiger partial charge in [-0.3, -0.25) is 9.59 Å². The molecular formula is C20H22N2O5. The van der Waals surface area contributed by atoms with Crippen molar-refractivity contribution in [3.63, 3.8) is 0 Å². The zero-order valence-corrected chi connectivity index (χ0v) is 15.0. The number of nitrogens with one attached hydrogen (secondary N) is 1. The summed E-state index contributed by atoms with van der Waals surface area (Å²) < 4.78 is 17.1. The molecule has 27 heavy (non-hydrogen) atoms. The standard InChI is InChI=1S/C20H22N2O5/c23-17-14-20(25-13-10-21-17)8-11-22(12-9-20)19(24)16-6-7-18(27-16)26-15-4-2-1-3-5-15/h1-7H,8-14H2,(H,21,23). The summed E-state index contributed by atoms with van der Waals surface area (Å²) in [7, 11) is 0. The number of amides is 2. The van der Waals surface area contributed by atoms with Crippen LogP contribution in [0.3, 0.4) is 0 Å². The minimum absolute atomic E-state index is 0.0148. The third-order valence-corrected chi connectivity index (χ3v) is 5.03. The van der Waals surface area contributed by atoms with Gasteiger partial charge in [0.1, 0.15) is 5.75 Å². The zero-order chi connectivity index (χ0) is 18.7. The van der Waals surface area contributed by atoms with E-state index in [2.05, 4.69) is 5.32 Å². The van der Waals surface area contributed by atoms with Gasteiger partial charge in [-0.2, -0.15) is 0 Å². The SMILES string of the molecule is O=C1CC2(CCN(C(=O)c3ccc(Oc4ccccc4)o3)CC2)OCCN1. The van der Waals surface area contributed by atoms with Gasteiger partial charge in [-0.15, -0.1) is 0 Å². The molecule has 0 atom stereocenters. The fourth-order valence-corrected chi connectivity index (χ4v) is 3.55. The van der Waals surface area contributed by atoms with Crippen LogP contribution in [0.15, 0.2) is 46.9 Å². The van der Waals surface area contributed by atoms with Gasteiger partial charge in [-0.25, -0.2) is 0 Å². The highest BCUT2D eigenvalue weighted by Crippen LogP contribution is 2.32. The Hall–Kier alpha value is -2.80. The molecule has 1 aromatic heterocycles. The van der Waals surface area contributed by atoms with E-state index in [1.165, 1.54) is 0 Å². The molecule has 2 aliphatic rings. The normalized spacial score (nSPS) is 19.4. The van der Waals surface area contributed by atoms with E-state index in [4.69, 9.17) is 13.9 Å². The smallest absolute Gasteiger partial charge is 0.290 e. The van der Waals surface area contributed by atoms with Crippen LogP contribution in [0.5, 0.6) is 11.7 Å². The summed E-state index contributed by atoms with van der Waals surface area (Å²) in [4.78, 5) is 26.3. The molecule has 1 N–H and O–H groups in total. The van der Waals surface area contributed by atoms with Crippen molar-refractivity contribution in [2.75, 3.05) is 26.2 Å². The third kappa shape index (κ3) is 3.98. The largest absolute Gasteiger partial charge is 0.426 e. The van der Waals surface area contributed by atoms with Gasteiger partial charge in [0.15, 0.2) is 5.76 Å². The average molecular weight is 370 g/mol. The van der Waals surface area contributed by atoms with Crippen LogP contribution in [0.1, 0.15) is 29.8 Å². The first-order chi connectivity index (χ1) is 13.1. The zero-order valence-electron chi connectivity index (χ0n) is 15.0. The summed E-state index contributed by atoms with van der Waals surface area (Å²) in [5.74, 6) is 1.01. The van der Waals surface area contributed by atoms with Crippen molar-refractivity contribution in [1.29, 1.82) is 0 Å². The summed E-state index contributed by atoms with van der Waals surface area (Å²) in [5.41, 5.74) is -0.456. The van der Waals surface area contributed by atoms with Gasteiger partial charge in [0.25, 0.3) is 11.9 Å². The first-order valence-corrected chi connectivity index (χ1v) is 9.16. The summed E-state index contributed by atoms with van der Waals surface area (Å²) in [6.45, 7) is 2.11. The van der Waals surface area contributed by atoms with E-state index in [-0.39, 0.29) is 23.5 Å². The Morgan fingerprint density at radius 2 is 1.89 bits per heavy atom. The number of furan rings is 1. The van der Waals surface area contributed by atoms with E-state index in [1.807, 2.05) is 30.3 Å². The maximum Gasteiger partial charge on any atom is 0.290 e. The minimum Gasteiger partial charge on any atom is -0.426 e. The molecule has 7 heteroatoms. The van der Waals surface area contributed by atoms with Crippen molar-refractivity contribution >= 4 is 11.8 Å². The molecule has 2 aliphatic heterocycles. The van der Waals surface area contributed by atoms with Gasteiger partial charge in [0.05, 0.1) is 18.6 Å². The molecule has 0 aliphatic carbocycles. The number of hydrogen-bond acceptors (Lipinski definition) is 5. The minimum atomic E-state index is -0.456. The Labute approximate surface area is 157 Å². The molecule has 3 heterocycles. The monoisotopic (exact) mass is 370 g/mol. The van der Waals surface area contributed by atoms with Crippen molar-refractivity contribution in [3.8, 4) is 11.7 Å². The summed E-state index contributed by atoms with van der Waals surface area (Å²) in [5, 5.41) is 2.83. The van der Waals surface area contributed by atoms with E-state index in [1.54, 1.807) is 17.0 Å². The van der Waals surface area contributed by atoms with Crippen LogP contribution in [0.4, 0.5) is 0 Å². The highest BCUT2D eigenvalue weighted by atomic mass is 16.6. The summed E-state index contributed by atoms with van der Waals surface area (Å²) in [6, 6.07) is 12.5. The fraction of sp³-hybridized carbons (Fsp3) is 0.400. The first-order valence-electron chi connectivity index (χ1n) is 9.16. The Morgan fingerprint density at radius 3 is 2.67 bits per heavy atom. The molecule has 4 rings (SSSR count). The number of carbonyl (C=O) groups excluding carboxylic acids is 2. The summed E-state index contributed by atoms with van der Waals surface area (Å²) in [6.07, 6.45) is 1.63. The molecule has 7 nitrogen and oxygen atoms in total. The number of ether oxygens (including phenoxy) is 2. The van der Waals surface area contributed by atoms with Crippen molar-refractivity contribution in [2.24, 2.45) is 0 Å². The lowest BCUT2D eigenvalue weighted by Crippen LogP contribution is -2.48. The van der Waals surface area contributed by atoms with Crippen LogP contribution in [0.2, 0.25) is 0 Å². The molecule has 2 aromatic rings. The topological polar surface area (TPSA) is 81.0 Å². The number of likely N-dealkylation sites (tertiary alicyclic amines) is 1. The lowest BCUT2D eigenvalue weighted by atomic mass is 9.87. The number of nitrogens with zero attached hydrogens (tertiary/aromatic N) is 1. The number of carbonyl (C=O) groups is 2. The van der Waals surface area contributed by atoms with Crippen LogP contribution in [0, 0.1) is 0 Å². The molecule has 2 amide bonds. The maximum absolute atomic E-state index is 12.7. The third-order valence-electron chi connectivity index (χ3n) is 5.03. The second-order valence-electron chi connectivity index (χ2n) is 6.88. The molecule has 0 unspecified atom stereocenters. The molecule has 2 fully saturated rings. The van der Waals surface area contributed by atoms with E-state index < -0.39 is 5.60 Å². The van der Waals surface area contributed by atoms with Crippen LogP contribution in [0.25, 0.3) is 0 Å². The van der Waals surface area contributed by atoms with E-state index in [0.29, 0.717) is 51.3 Å². The van der Waals surface area contributed by atoms with Gasteiger partial charge in [0.2, 0.25) is 5.91 Å². The van der Waals surface area contributed by atoms with Gasteiger partial charge in [-0.1, -0.05) is 18.2 Å². The van der Waals surface area contributed by atoms with Crippen molar-refractivity contribution in [2.45, 2.75) is 24.9 Å². The van der Waals surface area contributed by atoms with E-state index >= 15 is 0 Å². The second kappa shape index (κ2) is 7.44. The average Bonchev–Trinajstić information content (AvgIpc) is 3.07. The number of hydrogen-bond donors (Lipinski definition) is 1. The molecule has 2 saturated heterocycles. The molecule has 142 valence electrons. The molecule has 1 spiro atoms. The fourth-order valence-electron chi connectivity index (χ4n) is 3.55. The highest BCUT2D eigenvalue weighted by Gasteiger charge is 2.40. The van der Waals surface area contributed by atoms with Crippen LogP contribution >= 0.6 is 0 Å². The number of piperidine rings is 1. The van der Waals surface area contributed by atoms with Gasteiger partial charge in [0, 0.05) is 25.7 Å². The van der Waals surface area contributed by atoms with Gasteiger partial charge < -0.3 is 24.1 Å². The number of para-hydroxylation sites is 1. The Morgan fingerprint density at radius 1 is 1.11 bits per heavy atom. The number of benzene rings is 1. The molecule has 1 aromatic carbocycles. The Bertz CT molecular complexity index is 809. The molecular weight excluding hydrogens is 348 g/mol. The number of rotatable bonds is 3. The van der Waals surface area contributed by atoms with Crippen molar-refractivity contribution in [3.05, 3.63) is 48.2 Å². The maximum atomic E-state index is 12.7. The predicted molar refractivity (Wildman–Crippen MR) is 96.7 cm³/mol. The molecule has 0 bridgehead atoms. The quantitative estimate of drug-likeness (QED) is 0.898. The van der Waals surface area contributed by atoms with Crippen LogP contribution in [-0.2, 0) is 9.53 Å².